The smallest absolute Gasteiger partial charge is 0.236 e. The van der Waals surface area contributed by atoms with Gasteiger partial charge in [0.25, 0.3) is 0 Å². The normalized spacial score (nSPS) is 11.9. The third-order valence-corrected chi connectivity index (χ3v) is 3.47. The van der Waals surface area contributed by atoms with Crippen molar-refractivity contribution in [2.75, 3.05) is 0 Å². The molecular formula is C11H13N3O2S. The zero-order chi connectivity index (χ0) is 12.6. The van der Waals surface area contributed by atoms with Gasteiger partial charge in [-0.25, -0.2) is 4.98 Å². The monoisotopic (exact) mass is 251 g/mol. The maximum atomic E-state index is 11.0. The molecule has 0 aliphatic heterocycles. The van der Waals surface area contributed by atoms with Crippen molar-refractivity contribution < 1.29 is 15.2 Å². The van der Waals surface area contributed by atoms with Crippen molar-refractivity contribution in [1.29, 1.82) is 0 Å². The average Bonchev–Trinajstić information content (AvgIpc) is 2.59. The largest absolute Gasteiger partial charge is 0.544 e. The summed E-state index contributed by atoms with van der Waals surface area (Å²) in [5, 5.41) is 13.5. The summed E-state index contributed by atoms with van der Waals surface area (Å²) in [7, 11) is 0. The molecule has 0 unspecified atom stereocenters. The molecule has 2 N–H and O–H groups in total. The Bertz CT molecular complexity index is 577. The van der Waals surface area contributed by atoms with Crippen molar-refractivity contribution in [2.45, 2.75) is 26.3 Å². The summed E-state index contributed by atoms with van der Waals surface area (Å²) < 4.78 is 0. The Labute approximate surface area is 103 Å². The first-order valence-electron chi connectivity index (χ1n) is 5.18. The molecular weight excluding hydrogens is 238 g/mol. The number of aryl methyl sites for hydroxylation is 1. The first-order chi connectivity index (χ1) is 7.90. The van der Waals surface area contributed by atoms with Crippen LogP contribution in [0.1, 0.15) is 18.7 Å². The molecule has 0 radical (unpaired) electrons. The van der Waals surface area contributed by atoms with Gasteiger partial charge in [0.05, 0.1) is 5.39 Å². The highest BCUT2D eigenvalue weighted by molar-refractivity contribution is 7.18. The van der Waals surface area contributed by atoms with Crippen LogP contribution in [0.5, 0.6) is 0 Å². The van der Waals surface area contributed by atoms with Crippen molar-refractivity contribution in [2.24, 2.45) is 0 Å². The molecule has 2 rings (SSSR count). The van der Waals surface area contributed by atoms with Gasteiger partial charge in [-0.2, -0.15) is 4.98 Å². The first-order valence-corrected chi connectivity index (χ1v) is 6.00. The number of hydrogen-bond donors (Lipinski definition) is 1. The second-order valence-corrected chi connectivity index (χ2v) is 5.72. The van der Waals surface area contributed by atoms with Crippen LogP contribution in [0.2, 0.25) is 0 Å². The molecule has 0 spiro atoms. The maximum Gasteiger partial charge on any atom is 0.236 e. The fourth-order valence-corrected chi connectivity index (χ4v) is 2.37. The summed E-state index contributed by atoms with van der Waals surface area (Å²) in [6.07, 6.45) is 1.45. The second-order valence-electron chi connectivity index (χ2n) is 4.49. The summed E-state index contributed by atoms with van der Waals surface area (Å²) in [6, 6.07) is 1.97. The molecule has 0 aliphatic carbocycles. The lowest BCUT2D eigenvalue weighted by Crippen LogP contribution is -2.94. The number of quaternary nitrogens is 1. The molecule has 0 bridgehead atoms. The number of nitrogens with zero attached hydrogens (tertiary/aromatic N) is 2. The number of fused-ring (bicyclic) bond motifs is 1. The van der Waals surface area contributed by atoms with Crippen molar-refractivity contribution >= 4 is 33.3 Å². The van der Waals surface area contributed by atoms with Gasteiger partial charge in [-0.05, 0) is 26.8 Å². The van der Waals surface area contributed by atoms with E-state index in [-0.39, 0.29) is 0 Å². The Morgan fingerprint density at radius 2 is 2.18 bits per heavy atom. The Hall–Kier alpha value is -1.53. The summed E-state index contributed by atoms with van der Waals surface area (Å²) in [4.78, 5) is 21.3. The molecule has 6 heteroatoms. The van der Waals surface area contributed by atoms with Gasteiger partial charge in [0.2, 0.25) is 5.82 Å². The summed E-state index contributed by atoms with van der Waals surface area (Å²) in [6.45, 7) is 5.17. The number of aromatic nitrogens is 2. The highest BCUT2D eigenvalue weighted by atomic mass is 32.1. The van der Waals surface area contributed by atoms with E-state index in [0.29, 0.717) is 5.82 Å². The molecule has 2 aromatic rings. The van der Waals surface area contributed by atoms with E-state index >= 15 is 0 Å². The second kappa shape index (κ2) is 4.05. The van der Waals surface area contributed by atoms with E-state index in [1.54, 1.807) is 30.5 Å². The fraction of sp³-hybridized carbons (Fsp3) is 0.364. The molecule has 17 heavy (non-hydrogen) atoms. The van der Waals surface area contributed by atoms with E-state index in [4.69, 9.17) is 0 Å². The maximum absolute atomic E-state index is 11.0. The average molecular weight is 251 g/mol. The lowest BCUT2D eigenvalue weighted by molar-refractivity contribution is -0.642. The van der Waals surface area contributed by atoms with Gasteiger partial charge in [0, 0.05) is 4.88 Å². The number of thiophene rings is 1. The lowest BCUT2D eigenvalue weighted by atomic mass is 10.1. The van der Waals surface area contributed by atoms with E-state index in [9.17, 15) is 9.90 Å². The molecule has 90 valence electrons. The van der Waals surface area contributed by atoms with E-state index in [1.165, 1.54) is 6.33 Å². The molecule has 2 heterocycles. The van der Waals surface area contributed by atoms with E-state index in [1.807, 2.05) is 13.0 Å². The molecule has 0 amide bonds. The third-order valence-electron chi connectivity index (χ3n) is 2.51. The Kier molecular flexibility index (Phi) is 2.84. The van der Waals surface area contributed by atoms with Crippen LogP contribution in [0, 0.1) is 6.92 Å². The minimum Gasteiger partial charge on any atom is -0.544 e. The van der Waals surface area contributed by atoms with Crippen LogP contribution >= 0.6 is 11.3 Å². The van der Waals surface area contributed by atoms with Crippen molar-refractivity contribution in [3.8, 4) is 0 Å². The van der Waals surface area contributed by atoms with Crippen LogP contribution in [0.4, 0.5) is 5.82 Å². The van der Waals surface area contributed by atoms with Crippen molar-refractivity contribution in [1.82, 2.24) is 9.97 Å². The van der Waals surface area contributed by atoms with Crippen LogP contribution in [0.3, 0.4) is 0 Å². The fourth-order valence-electron chi connectivity index (χ4n) is 1.51. The van der Waals surface area contributed by atoms with Crippen LogP contribution in [-0.4, -0.2) is 21.5 Å². The van der Waals surface area contributed by atoms with Crippen molar-refractivity contribution in [3.05, 3.63) is 17.3 Å². The molecule has 0 aromatic carbocycles. The van der Waals surface area contributed by atoms with Gasteiger partial charge in [-0.1, -0.05) is 0 Å². The zero-order valence-corrected chi connectivity index (χ0v) is 10.7. The third kappa shape index (κ3) is 2.27. The number of nitrogens with two attached hydrogens (primary N) is 1. The molecule has 0 saturated carbocycles. The summed E-state index contributed by atoms with van der Waals surface area (Å²) >= 11 is 1.57. The van der Waals surface area contributed by atoms with Crippen LogP contribution in [-0.2, 0) is 4.79 Å². The first kappa shape index (κ1) is 11.9. The minimum absolute atomic E-state index is 0.647. The van der Waals surface area contributed by atoms with Gasteiger partial charge in [0.15, 0.2) is 0 Å². The minimum atomic E-state index is -1.11. The predicted molar refractivity (Wildman–Crippen MR) is 62.8 cm³/mol. The highest BCUT2D eigenvalue weighted by Crippen LogP contribution is 2.25. The van der Waals surface area contributed by atoms with Gasteiger partial charge in [-0.3, -0.25) is 5.32 Å². The molecule has 2 aromatic heterocycles. The number of carboxylic acids is 1. The molecule has 0 fully saturated rings. The molecule has 0 saturated heterocycles. The van der Waals surface area contributed by atoms with Crippen LogP contribution in [0.15, 0.2) is 12.4 Å². The molecule has 0 aliphatic rings. The van der Waals surface area contributed by atoms with Gasteiger partial charge in [-0.15, -0.1) is 11.3 Å². The number of aliphatic carboxylic acids is 1. The number of carboxylic acid groups (broad SMARTS) is 1. The summed E-state index contributed by atoms with van der Waals surface area (Å²) in [5.74, 6) is -0.468. The van der Waals surface area contributed by atoms with Crippen LogP contribution in [0.25, 0.3) is 10.2 Å². The van der Waals surface area contributed by atoms with E-state index in [0.717, 1.165) is 15.1 Å². The van der Waals surface area contributed by atoms with Gasteiger partial charge >= 0.3 is 0 Å². The van der Waals surface area contributed by atoms with Crippen molar-refractivity contribution in [3.63, 3.8) is 0 Å². The number of hydrogen-bond acceptors (Lipinski definition) is 5. The quantitative estimate of drug-likeness (QED) is 0.813. The van der Waals surface area contributed by atoms with Gasteiger partial charge < -0.3 is 9.90 Å². The Balaban J connectivity index is 2.46. The molecule has 0 atom stereocenters. The number of rotatable bonds is 3. The Morgan fingerprint density at radius 1 is 1.47 bits per heavy atom. The highest BCUT2D eigenvalue weighted by Gasteiger charge is 2.26. The number of carbonyl (C=O) groups is 1. The standard InChI is InChI=1S/C11H13N3O2S/c1-6-4-7-8(12-5-13-9(7)17-6)14-11(2,3)10(15)16/h4-5H,1-3H3,(H,15,16)(H,12,13,14). The van der Waals surface area contributed by atoms with Gasteiger partial charge in [0.1, 0.15) is 22.7 Å². The number of carbonyl (C=O) groups excluding carboxylic acids is 1. The van der Waals surface area contributed by atoms with Crippen LogP contribution < -0.4 is 10.4 Å². The Morgan fingerprint density at radius 3 is 2.82 bits per heavy atom. The zero-order valence-electron chi connectivity index (χ0n) is 9.85. The SMILES string of the molecule is Cc1cc2c([NH2+]C(C)(C)C(=O)[O-])ncnc2s1. The predicted octanol–water partition coefficient (Wildman–Crippen LogP) is -0.277. The van der Waals surface area contributed by atoms with E-state index in [2.05, 4.69) is 9.97 Å². The lowest BCUT2D eigenvalue weighted by Gasteiger charge is -2.22. The topological polar surface area (TPSA) is 82.5 Å². The van der Waals surface area contributed by atoms with E-state index < -0.39 is 11.5 Å². The molecule has 5 nitrogen and oxygen atoms in total. The summed E-state index contributed by atoms with van der Waals surface area (Å²) in [5.41, 5.74) is -1.04.